The van der Waals surface area contributed by atoms with Gasteiger partial charge >= 0.3 is 0 Å². The molecule has 154 valence electrons. The molecule has 1 N–H and O–H groups in total. The van der Waals surface area contributed by atoms with Crippen LogP contribution in [0.3, 0.4) is 0 Å². The maximum Gasteiger partial charge on any atom is 0.251 e. The van der Waals surface area contributed by atoms with Crippen molar-refractivity contribution < 1.29 is 4.79 Å². The molecular weight excluding hydrogens is 388 g/mol. The number of fused-ring (bicyclic) bond motifs is 1. The minimum Gasteiger partial charge on any atom is -0.367 e. The molecule has 0 fully saturated rings. The Labute approximate surface area is 183 Å². The zero-order chi connectivity index (χ0) is 20.8. The number of amides is 1. The number of hydrogen-bond acceptors (Lipinski definition) is 3. The van der Waals surface area contributed by atoms with Gasteiger partial charge in [-0.2, -0.15) is 11.8 Å². The highest BCUT2D eigenvalue weighted by Crippen LogP contribution is 2.28. The fraction of sp³-hybridized carbons (Fsp3) is 0.269. The van der Waals surface area contributed by atoms with Crippen LogP contribution in [0.2, 0.25) is 0 Å². The Kier molecular flexibility index (Phi) is 6.75. The summed E-state index contributed by atoms with van der Waals surface area (Å²) in [5.41, 5.74) is 7.35. The Morgan fingerprint density at radius 2 is 1.83 bits per heavy atom. The van der Waals surface area contributed by atoms with E-state index in [1.807, 2.05) is 23.9 Å². The molecule has 0 aliphatic carbocycles. The number of aryl methyl sites for hydroxylation is 1. The summed E-state index contributed by atoms with van der Waals surface area (Å²) in [6.45, 7) is 4.74. The van der Waals surface area contributed by atoms with Crippen molar-refractivity contribution in [3.8, 4) is 0 Å². The van der Waals surface area contributed by atoms with E-state index in [-0.39, 0.29) is 5.91 Å². The number of anilines is 1. The maximum atomic E-state index is 12.4. The molecule has 1 heterocycles. The molecule has 1 aliphatic heterocycles. The van der Waals surface area contributed by atoms with E-state index in [0.717, 1.165) is 36.6 Å². The Morgan fingerprint density at radius 1 is 1.00 bits per heavy atom. The van der Waals surface area contributed by atoms with Crippen molar-refractivity contribution in [2.75, 3.05) is 23.7 Å². The first kappa shape index (κ1) is 20.5. The number of nitrogens with zero attached hydrogens (tertiary/aromatic N) is 1. The van der Waals surface area contributed by atoms with Gasteiger partial charge in [0.15, 0.2) is 0 Å². The van der Waals surface area contributed by atoms with Crippen LogP contribution < -0.4 is 10.2 Å². The number of carbonyl (C=O) groups is 1. The minimum absolute atomic E-state index is 0.00391. The lowest BCUT2D eigenvalue weighted by Gasteiger charge is -2.19. The predicted molar refractivity (Wildman–Crippen MR) is 127 cm³/mol. The molecule has 3 aromatic carbocycles. The highest BCUT2D eigenvalue weighted by molar-refractivity contribution is 7.98. The molecule has 0 saturated carbocycles. The number of hydrogen-bond donors (Lipinski definition) is 1. The van der Waals surface area contributed by atoms with Crippen LogP contribution in [0.15, 0.2) is 72.8 Å². The first-order chi connectivity index (χ1) is 14.7. The molecule has 0 bridgehead atoms. The molecule has 0 saturated heterocycles. The average Bonchev–Trinajstić information content (AvgIpc) is 3.17. The van der Waals surface area contributed by atoms with Gasteiger partial charge in [-0.1, -0.05) is 60.2 Å². The Balaban J connectivity index is 1.21. The lowest BCUT2D eigenvalue weighted by molar-refractivity contribution is 0.0956. The van der Waals surface area contributed by atoms with Crippen LogP contribution in [-0.4, -0.2) is 24.7 Å². The molecule has 0 radical (unpaired) electrons. The lowest BCUT2D eigenvalue weighted by atomic mass is 10.1. The van der Waals surface area contributed by atoms with Gasteiger partial charge in [0.05, 0.1) is 0 Å². The van der Waals surface area contributed by atoms with Gasteiger partial charge in [-0.15, -0.1) is 0 Å². The van der Waals surface area contributed by atoms with Crippen molar-refractivity contribution >= 4 is 23.4 Å². The van der Waals surface area contributed by atoms with Crippen LogP contribution in [0, 0.1) is 6.92 Å². The fourth-order valence-corrected chi connectivity index (χ4v) is 4.69. The van der Waals surface area contributed by atoms with Crippen molar-refractivity contribution in [2.24, 2.45) is 0 Å². The third-order valence-corrected chi connectivity index (χ3v) is 6.49. The van der Waals surface area contributed by atoms with Gasteiger partial charge in [-0.3, -0.25) is 4.79 Å². The Bertz CT molecular complexity index is 1000. The zero-order valence-corrected chi connectivity index (χ0v) is 18.3. The topological polar surface area (TPSA) is 32.3 Å². The number of rotatable bonds is 8. The number of carbonyl (C=O) groups excluding carboxylic acids is 1. The largest absolute Gasteiger partial charge is 0.367 e. The fourth-order valence-electron chi connectivity index (χ4n) is 3.88. The van der Waals surface area contributed by atoms with E-state index in [4.69, 9.17) is 0 Å². The molecule has 3 aromatic rings. The van der Waals surface area contributed by atoms with Gasteiger partial charge in [-0.25, -0.2) is 0 Å². The summed E-state index contributed by atoms with van der Waals surface area (Å²) in [5, 5.41) is 3.03. The Hall–Kier alpha value is -2.72. The van der Waals surface area contributed by atoms with E-state index in [9.17, 15) is 4.79 Å². The second kappa shape index (κ2) is 9.86. The van der Waals surface area contributed by atoms with Gasteiger partial charge in [0.2, 0.25) is 0 Å². The number of nitrogens with one attached hydrogen (secondary N) is 1. The molecule has 0 atom stereocenters. The average molecular weight is 417 g/mol. The van der Waals surface area contributed by atoms with Crippen molar-refractivity contribution in [2.45, 2.75) is 25.6 Å². The smallest absolute Gasteiger partial charge is 0.251 e. The van der Waals surface area contributed by atoms with Crippen molar-refractivity contribution in [3.63, 3.8) is 0 Å². The maximum absolute atomic E-state index is 12.4. The SMILES string of the molecule is Cc1cccc(CSCCNC(=O)c2ccc(CN3CCc4ccccc43)cc2)c1. The number of benzene rings is 3. The predicted octanol–water partition coefficient (Wildman–Crippen LogP) is 5.22. The van der Waals surface area contributed by atoms with E-state index < -0.39 is 0 Å². The van der Waals surface area contributed by atoms with Gasteiger partial charge in [0, 0.05) is 42.4 Å². The van der Waals surface area contributed by atoms with E-state index in [1.54, 1.807) is 0 Å². The molecule has 1 amide bonds. The summed E-state index contributed by atoms with van der Waals surface area (Å²) in [7, 11) is 0. The summed E-state index contributed by atoms with van der Waals surface area (Å²) in [6, 6.07) is 25.2. The van der Waals surface area contributed by atoms with Crippen molar-refractivity contribution in [3.05, 3.63) is 101 Å². The molecule has 0 spiro atoms. The zero-order valence-electron chi connectivity index (χ0n) is 17.4. The van der Waals surface area contributed by atoms with E-state index >= 15 is 0 Å². The second-order valence-electron chi connectivity index (χ2n) is 7.79. The number of para-hydroxylation sites is 1. The van der Waals surface area contributed by atoms with Crippen LogP contribution in [0.1, 0.15) is 32.6 Å². The first-order valence-corrected chi connectivity index (χ1v) is 11.7. The molecule has 30 heavy (non-hydrogen) atoms. The standard InChI is InChI=1S/C26H28N2OS/c1-20-5-4-6-22(17-20)19-30-16-14-27-26(29)24-11-9-21(10-12-24)18-28-15-13-23-7-2-3-8-25(23)28/h2-12,17H,13-16,18-19H2,1H3,(H,27,29). The lowest BCUT2D eigenvalue weighted by Crippen LogP contribution is -2.25. The van der Waals surface area contributed by atoms with Gasteiger partial charge < -0.3 is 10.2 Å². The van der Waals surface area contributed by atoms with E-state index in [0.29, 0.717) is 6.54 Å². The molecule has 1 aliphatic rings. The quantitative estimate of drug-likeness (QED) is 0.511. The van der Waals surface area contributed by atoms with E-state index in [2.05, 4.69) is 77.8 Å². The minimum atomic E-state index is 0.00391. The summed E-state index contributed by atoms with van der Waals surface area (Å²) in [5.74, 6) is 1.89. The first-order valence-electron chi connectivity index (χ1n) is 10.5. The highest BCUT2D eigenvalue weighted by atomic mass is 32.2. The third kappa shape index (κ3) is 5.25. The third-order valence-electron chi connectivity index (χ3n) is 5.46. The van der Waals surface area contributed by atoms with Gasteiger partial charge in [0.1, 0.15) is 0 Å². The number of thioether (sulfide) groups is 1. The molecular formula is C26H28N2OS. The van der Waals surface area contributed by atoms with Gasteiger partial charge in [-0.05, 0) is 48.2 Å². The Morgan fingerprint density at radius 3 is 2.67 bits per heavy atom. The van der Waals surface area contributed by atoms with E-state index in [1.165, 1.54) is 27.9 Å². The summed E-state index contributed by atoms with van der Waals surface area (Å²) < 4.78 is 0. The summed E-state index contributed by atoms with van der Waals surface area (Å²) >= 11 is 1.85. The molecule has 0 unspecified atom stereocenters. The van der Waals surface area contributed by atoms with Gasteiger partial charge in [0.25, 0.3) is 5.91 Å². The summed E-state index contributed by atoms with van der Waals surface area (Å²) in [6.07, 6.45) is 1.11. The van der Waals surface area contributed by atoms with Crippen molar-refractivity contribution in [1.29, 1.82) is 0 Å². The van der Waals surface area contributed by atoms with Crippen molar-refractivity contribution in [1.82, 2.24) is 5.32 Å². The summed E-state index contributed by atoms with van der Waals surface area (Å²) in [4.78, 5) is 14.8. The molecule has 3 nitrogen and oxygen atoms in total. The van der Waals surface area contributed by atoms with Crippen LogP contribution in [0.4, 0.5) is 5.69 Å². The highest BCUT2D eigenvalue weighted by Gasteiger charge is 2.18. The second-order valence-corrected chi connectivity index (χ2v) is 8.90. The molecule has 4 heteroatoms. The van der Waals surface area contributed by atoms with Crippen LogP contribution >= 0.6 is 11.8 Å². The monoisotopic (exact) mass is 416 g/mol. The molecule has 4 rings (SSSR count). The van der Waals surface area contributed by atoms with Crippen LogP contribution in [-0.2, 0) is 18.7 Å². The normalized spacial score (nSPS) is 12.6. The van der Waals surface area contributed by atoms with Crippen LogP contribution in [0.5, 0.6) is 0 Å². The molecule has 0 aromatic heterocycles. The van der Waals surface area contributed by atoms with Crippen LogP contribution in [0.25, 0.3) is 0 Å².